The molecule has 0 bridgehead atoms. The first-order valence-corrected chi connectivity index (χ1v) is 8.02. The van der Waals surface area contributed by atoms with Crippen molar-refractivity contribution in [3.05, 3.63) is 34.3 Å². The van der Waals surface area contributed by atoms with Gasteiger partial charge in [0.1, 0.15) is 0 Å². The maximum atomic E-state index is 12.6. The van der Waals surface area contributed by atoms with Gasteiger partial charge in [0.05, 0.1) is 16.4 Å². The van der Waals surface area contributed by atoms with Crippen LogP contribution in [0.25, 0.3) is 0 Å². The van der Waals surface area contributed by atoms with E-state index in [0.29, 0.717) is 4.99 Å². The van der Waals surface area contributed by atoms with Gasteiger partial charge in [-0.3, -0.25) is 4.79 Å². The molecule has 1 aromatic rings. The minimum absolute atomic E-state index is 0.0297. The number of carbonyl (C=O) groups excluding carboxylic acids is 1. The Balaban J connectivity index is 2.10. The standard InChI is InChI=1S/C15H19BrN2OS/c1-10(11-4-6-12(16)7-5-11)18-14(19)15(13(17)20)8-2-3-9-15/h4-7,10H,2-3,8-9H2,1H3,(H2,17,20)(H,18,19). The summed E-state index contributed by atoms with van der Waals surface area (Å²) >= 11 is 8.55. The lowest BCUT2D eigenvalue weighted by molar-refractivity contribution is -0.128. The molecule has 1 amide bonds. The maximum absolute atomic E-state index is 12.6. The second-order valence-electron chi connectivity index (χ2n) is 5.40. The normalized spacial score (nSPS) is 18.5. The van der Waals surface area contributed by atoms with E-state index in [2.05, 4.69) is 21.2 Å². The summed E-state index contributed by atoms with van der Waals surface area (Å²) in [4.78, 5) is 12.9. The summed E-state index contributed by atoms with van der Waals surface area (Å²) in [6, 6.07) is 7.88. The van der Waals surface area contributed by atoms with E-state index in [1.807, 2.05) is 31.2 Å². The van der Waals surface area contributed by atoms with Crippen molar-refractivity contribution in [2.75, 3.05) is 0 Å². The van der Waals surface area contributed by atoms with Crippen molar-refractivity contribution in [1.29, 1.82) is 0 Å². The molecule has 1 aliphatic carbocycles. The predicted octanol–water partition coefficient (Wildman–Crippen LogP) is 3.47. The Hall–Kier alpha value is -0.940. The number of rotatable bonds is 4. The average molecular weight is 355 g/mol. The Morgan fingerprint density at radius 1 is 1.35 bits per heavy atom. The van der Waals surface area contributed by atoms with Gasteiger partial charge in [0.2, 0.25) is 5.91 Å². The van der Waals surface area contributed by atoms with Crippen LogP contribution in [0.15, 0.2) is 28.7 Å². The molecule has 108 valence electrons. The molecule has 1 saturated carbocycles. The summed E-state index contributed by atoms with van der Waals surface area (Å²) in [7, 11) is 0. The molecule has 1 fully saturated rings. The molecule has 0 aliphatic heterocycles. The van der Waals surface area contributed by atoms with Crippen molar-refractivity contribution in [3.8, 4) is 0 Å². The van der Waals surface area contributed by atoms with Crippen LogP contribution in [0.2, 0.25) is 0 Å². The highest BCUT2D eigenvalue weighted by Crippen LogP contribution is 2.39. The van der Waals surface area contributed by atoms with E-state index in [-0.39, 0.29) is 11.9 Å². The van der Waals surface area contributed by atoms with Crippen LogP contribution in [0, 0.1) is 5.41 Å². The minimum atomic E-state index is -0.640. The van der Waals surface area contributed by atoms with Crippen LogP contribution >= 0.6 is 28.1 Å². The van der Waals surface area contributed by atoms with Gasteiger partial charge in [-0.2, -0.15) is 0 Å². The van der Waals surface area contributed by atoms with E-state index in [4.69, 9.17) is 18.0 Å². The molecule has 1 aromatic carbocycles. The summed E-state index contributed by atoms with van der Waals surface area (Å²) in [5.41, 5.74) is 6.26. The van der Waals surface area contributed by atoms with Gasteiger partial charge in [-0.15, -0.1) is 0 Å². The van der Waals surface area contributed by atoms with Crippen molar-refractivity contribution in [2.24, 2.45) is 11.1 Å². The third kappa shape index (κ3) is 3.04. The Labute approximate surface area is 133 Å². The van der Waals surface area contributed by atoms with E-state index in [1.54, 1.807) is 0 Å². The summed E-state index contributed by atoms with van der Waals surface area (Å²) in [6.07, 6.45) is 3.55. The van der Waals surface area contributed by atoms with Crippen LogP contribution < -0.4 is 11.1 Å². The van der Waals surface area contributed by atoms with E-state index in [0.717, 1.165) is 35.7 Å². The lowest BCUT2D eigenvalue weighted by Crippen LogP contribution is -2.47. The number of carbonyl (C=O) groups is 1. The average Bonchev–Trinajstić information content (AvgIpc) is 2.90. The summed E-state index contributed by atoms with van der Waals surface area (Å²) in [6.45, 7) is 1.98. The van der Waals surface area contributed by atoms with Crippen LogP contribution in [0.4, 0.5) is 0 Å². The molecule has 1 atom stereocenters. The van der Waals surface area contributed by atoms with E-state index in [1.165, 1.54) is 0 Å². The number of nitrogens with two attached hydrogens (primary N) is 1. The lowest BCUT2D eigenvalue weighted by atomic mass is 9.84. The molecule has 1 unspecified atom stereocenters. The molecular weight excluding hydrogens is 336 g/mol. The summed E-state index contributed by atoms with van der Waals surface area (Å²) in [5.74, 6) is -0.0297. The first-order chi connectivity index (χ1) is 9.45. The van der Waals surface area contributed by atoms with Crippen LogP contribution in [0.1, 0.15) is 44.2 Å². The molecular formula is C15H19BrN2OS. The van der Waals surface area contributed by atoms with E-state index >= 15 is 0 Å². The minimum Gasteiger partial charge on any atom is -0.392 e. The highest BCUT2D eigenvalue weighted by molar-refractivity contribution is 9.10. The Morgan fingerprint density at radius 3 is 2.40 bits per heavy atom. The molecule has 3 nitrogen and oxygen atoms in total. The fourth-order valence-electron chi connectivity index (χ4n) is 2.73. The molecule has 1 aliphatic rings. The number of amides is 1. The zero-order chi connectivity index (χ0) is 14.8. The first kappa shape index (κ1) is 15.4. The highest BCUT2D eigenvalue weighted by atomic mass is 79.9. The number of hydrogen-bond donors (Lipinski definition) is 2. The number of thiocarbonyl (C=S) groups is 1. The molecule has 5 heteroatoms. The number of halogens is 1. The van der Waals surface area contributed by atoms with Crippen LogP contribution in [-0.2, 0) is 4.79 Å². The Kier molecular flexibility index (Phi) is 4.81. The molecule has 20 heavy (non-hydrogen) atoms. The molecule has 0 aromatic heterocycles. The van der Waals surface area contributed by atoms with Crippen molar-refractivity contribution < 1.29 is 4.79 Å². The molecule has 0 heterocycles. The fraction of sp³-hybridized carbons (Fsp3) is 0.467. The SMILES string of the molecule is CC(NC(=O)C1(C(N)=S)CCCC1)c1ccc(Br)cc1. The largest absolute Gasteiger partial charge is 0.392 e. The van der Waals surface area contributed by atoms with Crippen molar-refractivity contribution in [2.45, 2.75) is 38.6 Å². The first-order valence-electron chi connectivity index (χ1n) is 6.82. The third-order valence-electron chi connectivity index (χ3n) is 4.08. The van der Waals surface area contributed by atoms with Gasteiger partial charge in [0, 0.05) is 4.47 Å². The van der Waals surface area contributed by atoms with Gasteiger partial charge in [-0.25, -0.2) is 0 Å². The Bertz CT molecular complexity index is 509. The summed E-state index contributed by atoms with van der Waals surface area (Å²) < 4.78 is 1.02. The third-order valence-corrected chi connectivity index (χ3v) is 5.00. The van der Waals surface area contributed by atoms with Gasteiger partial charge in [-0.1, -0.05) is 53.1 Å². The van der Waals surface area contributed by atoms with Gasteiger partial charge >= 0.3 is 0 Å². The second kappa shape index (κ2) is 6.22. The molecule has 0 saturated heterocycles. The maximum Gasteiger partial charge on any atom is 0.233 e. The van der Waals surface area contributed by atoms with Crippen molar-refractivity contribution in [3.63, 3.8) is 0 Å². The fourth-order valence-corrected chi connectivity index (χ4v) is 3.29. The zero-order valence-corrected chi connectivity index (χ0v) is 13.9. The smallest absolute Gasteiger partial charge is 0.233 e. The van der Waals surface area contributed by atoms with Crippen molar-refractivity contribution in [1.82, 2.24) is 5.32 Å². The Morgan fingerprint density at radius 2 is 1.90 bits per heavy atom. The van der Waals surface area contributed by atoms with Gasteiger partial charge in [0.25, 0.3) is 0 Å². The van der Waals surface area contributed by atoms with Crippen molar-refractivity contribution >= 4 is 39.0 Å². The topological polar surface area (TPSA) is 55.1 Å². The summed E-state index contributed by atoms with van der Waals surface area (Å²) in [5, 5.41) is 3.06. The lowest BCUT2D eigenvalue weighted by Gasteiger charge is -2.28. The predicted molar refractivity (Wildman–Crippen MR) is 88.4 cm³/mol. The van der Waals surface area contributed by atoms with Gasteiger partial charge < -0.3 is 11.1 Å². The van der Waals surface area contributed by atoms with Crippen LogP contribution in [0.3, 0.4) is 0 Å². The van der Waals surface area contributed by atoms with Gasteiger partial charge in [-0.05, 0) is 37.5 Å². The quantitative estimate of drug-likeness (QED) is 0.813. The van der Waals surface area contributed by atoms with Gasteiger partial charge in [0.15, 0.2) is 0 Å². The molecule has 2 rings (SSSR count). The highest BCUT2D eigenvalue weighted by Gasteiger charge is 2.44. The number of benzene rings is 1. The molecule has 0 radical (unpaired) electrons. The monoisotopic (exact) mass is 354 g/mol. The van der Waals surface area contributed by atoms with Crippen LogP contribution in [-0.4, -0.2) is 10.9 Å². The molecule has 0 spiro atoms. The molecule has 3 N–H and O–H groups in total. The van der Waals surface area contributed by atoms with E-state index in [9.17, 15) is 4.79 Å². The van der Waals surface area contributed by atoms with Crippen LogP contribution in [0.5, 0.6) is 0 Å². The second-order valence-corrected chi connectivity index (χ2v) is 6.76. The number of hydrogen-bond acceptors (Lipinski definition) is 2. The number of nitrogens with one attached hydrogen (secondary N) is 1. The van der Waals surface area contributed by atoms with E-state index < -0.39 is 5.41 Å². The zero-order valence-electron chi connectivity index (χ0n) is 11.5.